The van der Waals surface area contributed by atoms with Gasteiger partial charge in [-0.05, 0) is 19.4 Å². The molecule has 3 nitrogen and oxygen atoms in total. The monoisotopic (exact) mass is 154 g/mol. The molecule has 0 bridgehead atoms. The molecule has 11 heavy (non-hydrogen) atoms. The first-order valence-electron chi connectivity index (χ1n) is 3.98. The highest BCUT2D eigenvalue weighted by Crippen LogP contribution is 1.89. The molecule has 0 aromatic carbocycles. The van der Waals surface area contributed by atoms with E-state index in [0.29, 0.717) is 0 Å². The van der Waals surface area contributed by atoms with E-state index < -0.39 is 0 Å². The molecule has 1 rings (SSSR count). The van der Waals surface area contributed by atoms with E-state index in [-0.39, 0.29) is 0 Å². The molecule has 0 fully saturated rings. The van der Waals surface area contributed by atoms with Crippen LogP contribution in [0, 0.1) is 0 Å². The van der Waals surface area contributed by atoms with Crippen molar-refractivity contribution in [2.24, 2.45) is 0 Å². The molecule has 1 heterocycles. The summed E-state index contributed by atoms with van der Waals surface area (Å²) in [4.78, 5) is 0. The maximum absolute atomic E-state index is 5.19. The molecule has 0 aliphatic heterocycles. The number of hydrogen-bond donors (Lipinski definition) is 0. The third-order valence-corrected chi connectivity index (χ3v) is 1.44. The summed E-state index contributed by atoms with van der Waals surface area (Å²) in [6, 6.07) is 1.93. The van der Waals surface area contributed by atoms with Crippen LogP contribution in [0.5, 0.6) is 0 Å². The molecule has 0 amide bonds. The molecule has 0 radical (unpaired) electrons. The third-order valence-electron chi connectivity index (χ3n) is 1.44. The van der Waals surface area contributed by atoms with Crippen LogP contribution in [0.2, 0.25) is 0 Å². The largest absolute Gasteiger partial charge is 0.382 e. The van der Waals surface area contributed by atoms with Crippen LogP contribution in [0.4, 0.5) is 0 Å². The molecule has 0 unspecified atom stereocenters. The van der Waals surface area contributed by atoms with Gasteiger partial charge in [0.2, 0.25) is 0 Å². The summed E-state index contributed by atoms with van der Waals surface area (Å²) in [7, 11) is 0. The van der Waals surface area contributed by atoms with Crippen LogP contribution < -0.4 is 0 Å². The van der Waals surface area contributed by atoms with Crippen molar-refractivity contribution in [3.63, 3.8) is 0 Å². The second-order valence-electron chi connectivity index (χ2n) is 2.32. The smallest absolute Gasteiger partial charge is 0.0489 e. The molecule has 0 atom stereocenters. The molecule has 0 saturated carbocycles. The van der Waals surface area contributed by atoms with Crippen LogP contribution in [0.25, 0.3) is 0 Å². The zero-order valence-electron chi connectivity index (χ0n) is 6.86. The van der Waals surface area contributed by atoms with Crippen molar-refractivity contribution in [2.45, 2.75) is 19.9 Å². The minimum absolute atomic E-state index is 0.805. The van der Waals surface area contributed by atoms with E-state index >= 15 is 0 Å². The molecular weight excluding hydrogens is 140 g/mol. The Morgan fingerprint density at radius 1 is 1.55 bits per heavy atom. The highest BCUT2D eigenvalue weighted by molar-refractivity contribution is 4.77. The number of rotatable bonds is 5. The second-order valence-corrected chi connectivity index (χ2v) is 2.32. The predicted molar refractivity (Wildman–Crippen MR) is 43.3 cm³/mol. The van der Waals surface area contributed by atoms with Gasteiger partial charge in [0.05, 0.1) is 0 Å². The van der Waals surface area contributed by atoms with Crippen molar-refractivity contribution >= 4 is 0 Å². The number of hydrogen-bond acceptors (Lipinski definition) is 2. The second kappa shape index (κ2) is 4.91. The molecule has 3 heteroatoms. The average molecular weight is 154 g/mol. The van der Waals surface area contributed by atoms with E-state index in [4.69, 9.17) is 4.74 Å². The predicted octanol–water partition coefficient (Wildman–Crippen LogP) is 1.31. The van der Waals surface area contributed by atoms with E-state index in [1.54, 1.807) is 6.20 Å². The minimum Gasteiger partial charge on any atom is -0.382 e. The maximum atomic E-state index is 5.19. The quantitative estimate of drug-likeness (QED) is 0.598. The van der Waals surface area contributed by atoms with Crippen molar-refractivity contribution in [2.75, 3.05) is 13.2 Å². The van der Waals surface area contributed by atoms with Gasteiger partial charge in [-0.15, -0.1) is 0 Å². The maximum Gasteiger partial charge on any atom is 0.0489 e. The lowest BCUT2D eigenvalue weighted by Gasteiger charge is -2.00. The number of aromatic nitrogens is 2. The molecule has 0 N–H and O–H groups in total. The molecule has 1 aromatic heterocycles. The van der Waals surface area contributed by atoms with Gasteiger partial charge in [-0.25, -0.2) is 0 Å². The summed E-state index contributed by atoms with van der Waals surface area (Å²) in [5.74, 6) is 0. The van der Waals surface area contributed by atoms with Gasteiger partial charge < -0.3 is 4.74 Å². The Hall–Kier alpha value is -0.830. The number of nitrogens with zero attached hydrogens (tertiary/aromatic N) is 2. The fraction of sp³-hybridized carbons (Fsp3) is 0.625. The lowest BCUT2D eigenvalue weighted by atomic mass is 10.4. The first-order chi connectivity index (χ1) is 5.43. The van der Waals surface area contributed by atoms with Gasteiger partial charge in [0.15, 0.2) is 0 Å². The topological polar surface area (TPSA) is 27.1 Å². The first kappa shape index (κ1) is 8.27. The van der Waals surface area contributed by atoms with Crippen LogP contribution in [-0.4, -0.2) is 23.0 Å². The standard InChI is InChI=1S/C8H14N2O/c1-2-11-8-4-7-10-6-3-5-9-10/h3,5-6H,2,4,7-8H2,1H3. The average Bonchev–Trinajstić information content (AvgIpc) is 2.50. The molecule has 0 saturated heterocycles. The van der Waals surface area contributed by atoms with Crippen molar-refractivity contribution in [3.8, 4) is 0 Å². The summed E-state index contributed by atoms with van der Waals surface area (Å²) in [6.07, 6.45) is 4.79. The van der Waals surface area contributed by atoms with Crippen LogP contribution in [-0.2, 0) is 11.3 Å². The Labute approximate surface area is 67.0 Å². The third kappa shape index (κ3) is 3.18. The highest BCUT2D eigenvalue weighted by atomic mass is 16.5. The Morgan fingerprint density at radius 3 is 3.09 bits per heavy atom. The molecule has 0 aliphatic carbocycles. The Bertz CT molecular complexity index is 172. The Balaban J connectivity index is 2.04. The molecule has 0 aliphatic rings. The first-order valence-corrected chi connectivity index (χ1v) is 3.98. The van der Waals surface area contributed by atoms with Crippen molar-refractivity contribution in [1.82, 2.24) is 9.78 Å². The van der Waals surface area contributed by atoms with Gasteiger partial charge in [-0.1, -0.05) is 0 Å². The minimum atomic E-state index is 0.805. The summed E-state index contributed by atoms with van der Waals surface area (Å²) >= 11 is 0. The number of aryl methyl sites for hydroxylation is 1. The van der Waals surface area contributed by atoms with Crippen molar-refractivity contribution in [1.29, 1.82) is 0 Å². The lowest BCUT2D eigenvalue weighted by molar-refractivity contribution is 0.141. The van der Waals surface area contributed by atoms with Gasteiger partial charge in [0.25, 0.3) is 0 Å². The zero-order valence-corrected chi connectivity index (χ0v) is 6.86. The molecular formula is C8H14N2O. The summed E-state index contributed by atoms with van der Waals surface area (Å²) < 4.78 is 7.11. The van der Waals surface area contributed by atoms with E-state index in [9.17, 15) is 0 Å². The van der Waals surface area contributed by atoms with Crippen LogP contribution in [0.3, 0.4) is 0 Å². The normalized spacial score (nSPS) is 10.3. The summed E-state index contributed by atoms with van der Waals surface area (Å²) in [5.41, 5.74) is 0. The molecule has 62 valence electrons. The van der Waals surface area contributed by atoms with Gasteiger partial charge in [0.1, 0.15) is 0 Å². The van der Waals surface area contributed by atoms with Crippen molar-refractivity contribution < 1.29 is 4.74 Å². The van der Waals surface area contributed by atoms with Gasteiger partial charge in [-0.3, -0.25) is 4.68 Å². The van der Waals surface area contributed by atoms with Crippen LogP contribution >= 0.6 is 0 Å². The van der Waals surface area contributed by atoms with Crippen molar-refractivity contribution in [3.05, 3.63) is 18.5 Å². The lowest BCUT2D eigenvalue weighted by Crippen LogP contribution is -2.02. The SMILES string of the molecule is CCOCCCn1cccn1. The summed E-state index contributed by atoms with van der Waals surface area (Å²) in [5, 5.41) is 4.07. The molecule has 1 aromatic rings. The van der Waals surface area contributed by atoms with Crippen LogP contribution in [0.15, 0.2) is 18.5 Å². The molecule has 0 spiro atoms. The fourth-order valence-electron chi connectivity index (χ4n) is 0.906. The Morgan fingerprint density at radius 2 is 2.45 bits per heavy atom. The highest BCUT2D eigenvalue weighted by Gasteiger charge is 1.89. The summed E-state index contributed by atoms with van der Waals surface area (Å²) in [6.45, 7) is 4.59. The van der Waals surface area contributed by atoms with E-state index in [1.165, 1.54) is 0 Å². The van der Waals surface area contributed by atoms with Gasteiger partial charge in [-0.2, -0.15) is 5.10 Å². The van der Waals surface area contributed by atoms with Crippen LogP contribution in [0.1, 0.15) is 13.3 Å². The van der Waals surface area contributed by atoms with E-state index in [2.05, 4.69) is 5.10 Å². The fourth-order valence-corrected chi connectivity index (χ4v) is 0.906. The van der Waals surface area contributed by atoms with E-state index in [1.807, 2.05) is 23.9 Å². The van der Waals surface area contributed by atoms with E-state index in [0.717, 1.165) is 26.2 Å². The Kier molecular flexibility index (Phi) is 3.69. The van der Waals surface area contributed by atoms with Gasteiger partial charge in [0, 0.05) is 32.2 Å². The van der Waals surface area contributed by atoms with Gasteiger partial charge >= 0.3 is 0 Å². The zero-order chi connectivity index (χ0) is 7.94. The number of ether oxygens (including phenoxy) is 1.